The van der Waals surface area contributed by atoms with Gasteiger partial charge in [-0.3, -0.25) is 4.79 Å². The first kappa shape index (κ1) is 14.4. The van der Waals surface area contributed by atoms with E-state index in [4.69, 9.17) is 5.11 Å². The van der Waals surface area contributed by atoms with Crippen molar-refractivity contribution in [2.24, 2.45) is 0 Å². The second kappa shape index (κ2) is 5.32. The topological polar surface area (TPSA) is 74.7 Å². The highest BCUT2D eigenvalue weighted by Gasteiger charge is 2.29. The lowest BCUT2D eigenvalue weighted by Crippen LogP contribution is -2.40. The van der Waals surface area contributed by atoms with Crippen molar-refractivity contribution >= 4 is 22.1 Å². The summed E-state index contributed by atoms with van der Waals surface area (Å²) in [7, 11) is -2.54. The molecule has 0 spiro atoms. The Morgan fingerprint density at radius 2 is 1.89 bits per heavy atom. The zero-order valence-corrected chi connectivity index (χ0v) is 11.0. The molecule has 0 amide bonds. The molecule has 0 heterocycles. The van der Waals surface area contributed by atoms with Crippen LogP contribution < -0.4 is 0 Å². The molecular weight excluding hydrogens is 254 g/mol. The molecule has 0 aliphatic rings. The predicted molar refractivity (Wildman–Crippen MR) is 68.6 cm³/mol. The minimum Gasteiger partial charge on any atom is -0.480 e. The first-order valence-corrected chi connectivity index (χ1v) is 6.68. The summed E-state index contributed by atoms with van der Waals surface area (Å²) in [5.74, 6) is -1.19. The molecule has 1 aromatic rings. The van der Waals surface area contributed by atoms with Crippen molar-refractivity contribution in [3.05, 3.63) is 36.4 Å². The summed E-state index contributed by atoms with van der Waals surface area (Å²) in [5.41, 5.74) is 0.794. The van der Waals surface area contributed by atoms with E-state index < -0.39 is 22.0 Å². The van der Waals surface area contributed by atoms with E-state index in [-0.39, 0.29) is 4.90 Å². The van der Waals surface area contributed by atoms with Crippen molar-refractivity contribution in [2.45, 2.75) is 17.9 Å². The highest BCUT2D eigenvalue weighted by atomic mass is 32.2. The summed E-state index contributed by atoms with van der Waals surface area (Å²) in [6.45, 7) is 4.89. The van der Waals surface area contributed by atoms with Crippen molar-refractivity contribution < 1.29 is 18.3 Å². The van der Waals surface area contributed by atoms with Gasteiger partial charge >= 0.3 is 5.97 Å². The number of benzene rings is 1. The number of carboxylic acid groups (broad SMARTS) is 1. The highest BCUT2D eigenvalue weighted by molar-refractivity contribution is 7.89. The van der Waals surface area contributed by atoms with E-state index in [1.165, 1.54) is 26.1 Å². The van der Waals surface area contributed by atoms with Gasteiger partial charge in [0, 0.05) is 7.05 Å². The fourth-order valence-electron chi connectivity index (χ4n) is 1.31. The molecule has 0 bridgehead atoms. The van der Waals surface area contributed by atoms with Crippen LogP contribution in [-0.2, 0) is 14.8 Å². The molecule has 1 aromatic carbocycles. The van der Waals surface area contributed by atoms with Crippen LogP contribution in [0, 0.1) is 0 Å². The molecule has 1 atom stereocenters. The molecule has 1 N–H and O–H groups in total. The second-order valence-electron chi connectivity index (χ2n) is 3.81. The van der Waals surface area contributed by atoms with Crippen LogP contribution in [0.5, 0.6) is 0 Å². The Morgan fingerprint density at radius 3 is 2.28 bits per heavy atom. The molecule has 0 aromatic heterocycles. The van der Waals surface area contributed by atoms with E-state index in [1.54, 1.807) is 18.2 Å². The number of carbonyl (C=O) groups is 1. The Hall–Kier alpha value is -1.66. The third kappa shape index (κ3) is 2.77. The number of aliphatic carboxylic acids is 1. The summed E-state index contributed by atoms with van der Waals surface area (Å²) >= 11 is 0. The lowest BCUT2D eigenvalue weighted by molar-refractivity contribution is -0.140. The summed E-state index contributed by atoms with van der Waals surface area (Å²) in [5, 5.41) is 8.83. The van der Waals surface area contributed by atoms with E-state index in [0.29, 0.717) is 0 Å². The van der Waals surface area contributed by atoms with Gasteiger partial charge in [-0.1, -0.05) is 24.8 Å². The second-order valence-corrected chi connectivity index (χ2v) is 5.81. The molecule has 98 valence electrons. The zero-order chi connectivity index (χ0) is 13.9. The molecule has 6 heteroatoms. The predicted octanol–water partition coefficient (Wildman–Crippen LogP) is 1.42. The highest BCUT2D eigenvalue weighted by Crippen LogP contribution is 2.17. The van der Waals surface area contributed by atoms with Crippen LogP contribution in [0.1, 0.15) is 12.5 Å². The summed E-state index contributed by atoms with van der Waals surface area (Å²) in [6, 6.07) is 4.96. The van der Waals surface area contributed by atoms with Crippen LogP contribution in [-0.4, -0.2) is 36.9 Å². The Labute approximate surface area is 106 Å². The number of likely N-dealkylation sites (N-methyl/N-ethyl adjacent to an activating group) is 1. The lowest BCUT2D eigenvalue weighted by atomic mass is 10.2. The van der Waals surface area contributed by atoms with Crippen LogP contribution in [0.2, 0.25) is 0 Å². The van der Waals surface area contributed by atoms with E-state index in [0.717, 1.165) is 9.87 Å². The molecule has 18 heavy (non-hydrogen) atoms. The van der Waals surface area contributed by atoms with Gasteiger partial charge < -0.3 is 5.11 Å². The third-order valence-electron chi connectivity index (χ3n) is 2.70. The Morgan fingerprint density at radius 1 is 1.39 bits per heavy atom. The van der Waals surface area contributed by atoms with Crippen LogP contribution >= 0.6 is 0 Å². The number of nitrogens with zero attached hydrogens (tertiary/aromatic N) is 1. The molecule has 0 radical (unpaired) electrons. The molecule has 0 saturated carbocycles. The van der Waals surface area contributed by atoms with Gasteiger partial charge in [-0.2, -0.15) is 4.31 Å². The molecule has 0 aliphatic carbocycles. The largest absolute Gasteiger partial charge is 0.480 e. The molecule has 5 nitrogen and oxygen atoms in total. The van der Waals surface area contributed by atoms with Crippen molar-refractivity contribution in [2.75, 3.05) is 7.05 Å². The van der Waals surface area contributed by atoms with E-state index in [9.17, 15) is 13.2 Å². The molecule has 1 unspecified atom stereocenters. The number of rotatable bonds is 5. The maximum atomic E-state index is 12.1. The van der Waals surface area contributed by atoms with Gasteiger partial charge in [0.1, 0.15) is 6.04 Å². The average Bonchev–Trinajstić information content (AvgIpc) is 2.36. The third-order valence-corrected chi connectivity index (χ3v) is 4.64. The van der Waals surface area contributed by atoms with Crippen molar-refractivity contribution in [1.29, 1.82) is 0 Å². The fraction of sp³-hybridized carbons (Fsp3) is 0.250. The average molecular weight is 269 g/mol. The fourth-order valence-corrected chi connectivity index (χ4v) is 2.62. The number of sulfonamides is 1. The van der Waals surface area contributed by atoms with Crippen LogP contribution in [0.4, 0.5) is 0 Å². The quantitative estimate of drug-likeness (QED) is 0.877. The first-order chi connectivity index (χ1) is 8.30. The SMILES string of the molecule is C=Cc1ccc(S(=O)(=O)N(C)C(C)C(=O)O)cc1. The minimum absolute atomic E-state index is 0.0590. The maximum Gasteiger partial charge on any atom is 0.321 e. The smallest absolute Gasteiger partial charge is 0.321 e. The van der Waals surface area contributed by atoms with Gasteiger partial charge in [-0.05, 0) is 24.6 Å². The van der Waals surface area contributed by atoms with Crippen LogP contribution in [0.15, 0.2) is 35.7 Å². The molecule has 0 saturated heterocycles. The van der Waals surface area contributed by atoms with Crippen LogP contribution in [0.25, 0.3) is 6.08 Å². The van der Waals surface area contributed by atoms with Gasteiger partial charge in [-0.25, -0.2) is 8.42 Å². The maximum absolute atomic E-state index is 12.1. The summed E-state index contributed by atoms with van der Waals surface area (Å²) < 4.78 is 25.1. The number of carboxylic acids is 1. The molecular formula is C12H15NO4S. The Balaban J connectivity index is 3.12. The Kier molecular flexibility index (Phi) is 4.26. The van der Waals surface area contributed by atoms with Gasteiger partial charge in [0.2, 0.25) is 10.0 Å². The van der Waals surface area contributed by atoms with Gasteiger partial charge in [-0.15, -0.1) is 0 Å². The van der Waals surface area contributed by atoms with E-state index >= 15 is 0 Å². The van der Waals surface area contributed by atoms with Gasteiger partial charge in [0.15, 0.2) is 0 Å². The summed E-state index contributed by atoms with van der Waals surface area (Å²) in [4.78, 5) is 10.9. The monoisotopic (exact) mass is 269 g/mol. The van der Waals surface area contributed by atoms with E-state index in [2.05, 4.69) is 6.58 Å². The van der Waals surface area contributed by atoms with Gasteiger partial charge in [0.25, 0.3) is 0 Å². The lowest BCUT2D eigenvalue weighted by Gasteiger charge is -2.21. The molecule has 0 aliphatic heterocycles. The van der Waals surface area contributed by atoms with Crippen molar-refractivity contribution in [1.82, 2.24) is 4.31 Å². The van der Waals surface area contributed by atoms with E-state index in [1.807, 2.05) is 0 Å². The van der Waals surface area contributed by atoms with Gasteiger partial charge in [0.05, 0.1) is 4.90 Å². The Bertz CT molecular complexity index is 548. The molecule has 0 fully saturated rings. The minimum atomic E-state index is -3.79. The molecule has 1 rings (SSSR count). The number of hydrogen-bond acceptors (Lipinski definition) is 3. The first-order valence-electron chi connectivity index (χ1n) is 5.24. The summed E-state index contributed by atoms with van der Waals surface area (Å²) in [6.07, 6.45) is 1.60. The van der Waals surface area contributed by atoms with Crippen LogP contribution in [0.3, 0.4) is 0 Å². The normalized spacial score (nSPS) is 13.3. The van der Waals surface area contributed by atoms with Crippen molar-refractivity contribution in [3.63, 3.8) is 0 Å². The zero-order valence-electron chi connectivity index (χ0n) is 10.2. The number of hydrogen-bond donors (Lipinski definition) is 1. The van der Waals surface area contributed by atoms with Crippen molar-refractivity contribution in [3.8, 4) is 0 Å². The standard InChI is InChI=1S/C12H15NO4S/c1-4-10-5-7-11(8-6-10)18(16,17)13(3)9(2)12(14)15/h4-9H,1H2,2-3H3,(H,14,15).